The van der Waals surface area contributed by atoms with Gasteiger partial charge in [0.05, 0.1) is 56.2 Å². The van der Waals surface area contributed by atoms with Crippen molar-refractivity contribution in [2.24, 2.45) is 7.05 Å². The predicted molar refractivity (Wildman–Crippen MR) is 155 cm³/mol. The highest BCUT2D eigenvalue weighted by Gasteiger charge is 2.42. The summed E-state index contributed by atoms with van der Waals surface area (Å²) in [6.45, 7) is 1.61. The summed E-state index contributed by atoms with van der Waals surface area (Å²) in [6, 6.07) is 1.49. The number of hydrogen-bond donors (Lipinski definition) is 4. The Labute approximate surface area is 253 Å². The molecule has 0 aromatic carbocycles. The molecular weight excluding hydrogens is 588 g/mol. The molecule has 4 N–H and O–H groups in total. The van der Waals surface area contributed by atoms with Gasteiger partial charge in [0.2, 0.25) is 5.91 Å². The topological polar surface area (TPSA) is 201 Å². The van der Waals surface area contributed by atoms with Gasteiger partial charge in [0.15, 0.2) is 0 Å². The van der Waals surface area contributed by atoms with Crippen molar-refractivity contribution in [3.63, 3.8) is 0 Å². The van der Waals surface area contributed by atoms with Gasteiger partial charge >= 0.3 is 12.0 Å². The molecule has 2 saturated heterocycles. The first-order valence-electron chi connectivity index (χ1n) is 14.2. The molecule has 0 radical (unpaired) electrons. The number of carbonyl (C=O) groups is 4. The van der Waals surface area contributed by atoms with Gasteiger partial charge in [0.1, 0.15) is 18.9 Å². The molecule has 2 aliphatic heterocycles. The van der Waals surface area contributed by atoms with Crippen LogP contribution < -0.4 is 21.3 Å². The molecule has 1 aromatic rings. The highest BCUT2D eigenvalue weighted by Crippen LogP contribution is 2.33. The van der Waals surface area contributed by atoms with E-state index in [-0.39, 0.29) is 101 Å². The van der Waals surface area contributed by atoms with Gasteiger partial charge in [-0.2, -0.15) is 11.8 Å². The van der Waals surface area contributed by atoms with Crippen molar-refractivity contribution >= 4 is 41.3 Å². The van der Waals surface area contributed by atoms with E-state index in [0.717, 1.165) is 25.0 Å². The van der Waals surface area contributed by atoms with Crippen molar-refractivity contribution in [3.8, 4) is 0 Å². The Morgan fingerprint density at radius 1 is 1.05 bits per heavy atom. The Balaban J connectivity index is 1.05. The summed E-state index contributed by atoms with van der Waals surface area (Å²) in [5, 5.41) is 22.3. The van der Waals surface area contributed by atoms with Crippen LogP contribution in [-0.2, 0) is 35.6 Å². The van der Waals surface area contributed by atoms with E-state index in [4.69, 9.17) is 18.9 Å². The van der Waals surface area contributed by atoms with E-state index in [1.54, 1.807) is 7.05 Å². The molecule has 17 heteroatoms. The normalized spacial score (nSPS) is 18.9. The lowest BCUT2D eigenvalue weighted by atomic mass is 10.0. The second kappa shape index (κ2) is 18.3. The van der Waals surface area contributed by atoms with Crippen LogP contribution in [-0.4, -0.2) is 116 Å². The molecule has 43 heavy (non-hydrogen) atoms. The summed E-state index contributed by atoms with van der Waals surface area (Å²) < 4.78 is 22.5. The minimum absolute atomic E-state index is 0.0942. The fraction of sp³-hybridized carbons (Fsp3) is 0.692. The first kappa shape index (κ1) is 34.1. The molecule has 0 bridgehead atoms. The lowest BCUT2D eigenvalue weighted by Gasteiger charge is -2.16. The van der Waals surface area contributed by atoms with Gasteiger partial charge in [-0.05, 0) is 12.8 Å². The van der Waals surface area contributed by atoms with Crippen molar-refractivity contribution in [2.75, 3.05) is 65.1 Å². The molecule has 3 heterocycles. The average Bonchev–Trinajstić information content (AvgIpc) is 3.65. The highest BCUT2D eigenvalue weighted by atomic mass is 32.2. The summed E-state index contributed by atoms with van der Waals surface area (Å²) in [7, 11) is 1.55. The Morgan fingerprint density at radius 3 is 2.51 bits per heavy atom. The van der Waals surface area contributed by atoms with E-state index >= 15 is 0 Å². The van der Waals surface area contributed by atoms with E-state index in [1.165, 1.54) is 16.8 Å². The molecule has 2 fully saturated rings. The Morgan fingerprint density at radius 2 is 1.77 bits per heavy atom. The fourth-order valence-corrected chi connectivity index (χ4v) is 6.09. The zero-order chi connectivity index (χ0) is 31.0. The molecule has 3 rings (SSSR count). The number of esters is 1. The third-order valence-corrected chi connectivity index (χ3v) is 8.20. The fourth-order valence-electron chi connectivity index (χ4n) is 4.54. The molecule has 0 spiro atoms. The molecule has 0 unspecified atom stereocenters. The SMILES string of the molecule is Cn1cc([N+](=O)[O-])cc1C(=O)NCCOCCOCC(=O)NCCOCCOC(=O)CCCC[C@@H]1SC[C@@H]2NC(=O)N[C@@H]21. The Kier molecular flexibility index (Phi) is 14.5. The zero-order valence-corrected chi connectivity index (χ0v) is 25.0. The summed E-state index contributed by atoms with van der Waals surface area (Å²) in [5.41, 5.74) is 0.0110. The maximum absolute atomic E-state index is 12.1. The van der Waals surface area contributed by atoms with Crippen LogP contribution in [0.25, 0.3) is 0 Å². The lowest BCUT2D eigenvalue weighted by Crippen LogP contribution is -2.36. The Hall–Kier alpha value is -3.41. The number of thioether (sulfide) groups is 1. The van der Waals surface area contributed by atoms with E-state index in [9.17, 15) is 29.3 Å². The van der Waals surface area contributed by atoms with Crippen LogP contribution in [0.5, 0.6) is 0 Å². The molecule has 1 aromatic heterocycles. The molecule has 16 nitrogen and oxygen atoms in total. The van der Waals surface area contributed by atoms with Gasteiger partial charge in [-0.25, -0.2) is 4.79 Å². The van der Waals surface area contributed by atoms with Crippen LogP contribution in [0.2, 0.25) is 0 Å². The molecular formula is C26H40N6O10S. The summed E-state index contributed by atoms with van der Waals surface area (Å²) >= 11 is 1.86. The summed E-state index contributed by atoms with van der Waals surface area (Å²) in [6.07, 6.45) is 4.18. The van der Waals surface area contributed by atoms with E-state index in [1.807, 2.05) is 11.8 Å². The number of urea groups is 1. The molecule has 0 aliphatic carbocycles. The molecule has 0 saturated carbocycles. The van der Waals surface area contributed by atoms with Crippen LogP contribution in [0.4, 0.5) is 10.5 Å². The number of aromatic nitrogens is 1. The number of ether oxygens (including phenoxy) is 4. The van der Waals surface area contributed by atoms with Crippen LogP contribution in [0.3, 0.4) is 0 Å². The number of unbranched alkanes of at least 4 members (excludes halogenated alkanes) is 1. The number of amides is 4. The number of rotatable bonds is 21. The standard InChI is InChI=1S/C26H40N6O10S/c1-31-15-18(32(37)38)14-20(31)25(35)28-7-9-39-10-11-41-16-22(33)27-6-8-40-12-13-42-23(34)5-3-2-4-21-24-19(17-43-21)29-26(36)30-24/h14-15,19,21,24H,2-13,16-17H2,1H3,(H,27,33)(H,28,35)(H2,29,30,36)/t19-,21-,24-/m0/s1. The third-order valence-electron chi connectivity index (χ3n) is 6.69. The minimum Gasteiger partial charge on any atom is -0.463 e. The van der Waals surface area contributed by atoms with Crippen molar-refractivity contribution in [1.29, 1.82) is 0 Å². The predicted octanol–water partition coefficient (Wildman–Crippen LogP) is 0.0981. The maximum atomic E-state index is 12.1. The lowest BCUT2D eigenvalue weighted by molar-refractivity contribution is -0.384. The summed E-state index contributed by atoms with van der Waals surface area (Å²) in [4.78, 5) is 57.4. The number of fused-ring (bicyclic) bond motifs is 1. The number of nitrogens with one attached hydrogen (secondary N) is 4. The first-order chi connectivity index (χ1) is 20.7. The highest BCUT2D eigenvalue weighted by molar-refractivity contribution is 8.00. The third kappa shape index (κ3) is 12.0. The van der Waals surface area contributed by atoms with Gasteiger partial charge in [-0.15, -0.1) is 0 Å². The van der Waals surface area contributed by atoms with Crippen LogP contribution >= 0.6 is 11.8 Å². The average molecular weight is 629 g/mol. The quantitative estimate of drug-likeness (QED) is 0.0473. The van der Waals surface area contributed by atoms with Gasteiger partial charge in [-0.3, -0.25) is 24.5 Å². The molecule has 4 amide bonds. The number of aryl methyl sites for hydroxylation is 1. The smallest absolute Gasteiger partial charge is 0.315 e. The van der Waals surface area contributed by atoms with Gasteiger partial charge in [-0.1, -0.05) is 6.42 Å². The number of hydrogen-bond acceptors (Lipinski definition) is 11. The van der Waals surface area contributed by atoms with Gasteiger partial charge in [0, 0.05) is 43.6 Å². The van der Waals surface area contributed by atoms with Crippen molar-refractivity contribution in [1.82, 2.24) is 25.8 Å². The minimum atomic E-state index is -0.567. The van der Waals surface area contributed by atoms with E-state index in [0.29, 0.717) is 11.7 Å². The molecule has 2 aliphatic rings. The molecule has 240 valence electrons. The maximum Gasteiger partial charge on any atom is 0.315 e. The number of nitro groups is 1. The van der Waals surface area contributed by atoms with Crippen LogP contribution in [0, 0.1) is 10.1 Å². The van der Waals surface area contributed by atoms with Gasteiger partial charge in [0.25, 0.3) is 11.6 Å². The van der Waals surface area contributed by atoms with Crippen molar-refractivity contribution in [2.45, 2.75) is 43.0 Å². The van der Waals surface area contributed by atoms with E-state index < -0.39 is 10.8 Å². The second-order valence-corrected chi connectivity index (χ2v) is 11.2. The van der Waals surface area contributed by atoms with Crippen molar-refractivity contribution < 1.29 is 43.0 Å². The summed E-state index contributed by atoms with van der Waals surface area (Å²) in [5.74, 6) is -0.102. The number of carbonyl (C=O) groups excluding carboxylic acids is 4. The number of nitrogens with zero attached hydrogens (tertiary/aromatic N) is 2. The largest absolute Gasteiger partial charge is 0.463 e. The van der Waals surface area contributed by atoms with Crippen LogP contribution in [0.1, 0.15) is 36.2 Å². The van der Waals surface area contributed by atoms with Crippen LogP contribution in [0.15, 0.2) is 12.3 Å². The van der Waals surface area contributed by atoms with E-state index in [2.05, 4.69) is 21.3 Å². The molecule has 3 atom stereocenters. The zero-order valence-electron chi connectivity index (χ0n) is 24.2. The second-order valence-electron chi connectivity index (χ2n) is 9.92. The first-order valence-corrected chi connectivity index (χ1v) is 15.2. The monoisotopic (exact) mass is 628 g/mol. The van der Waals surface area contributed by atoms with Crippen molar-refractivity contribution in [3.05, 3.63) is 28.1 Å². The van der Waals surface area contributed by atoms with Gasteiger partial charge < -0.3 is 44.8 Å². The Bertz CT molecular complexity index is 1100.